The molecule has 5 nitrogen and oxygen atoms in total. The maximum atomic E-state index is 12.6. The molecule has 1 aromatic carbocycles. The number of carbonyl (C=O) groups excluding carboxylic acids is 1. The summed E-state index contributed by atoms with van der Waals surface area (Å²) in [4.78, 5) is 14.6. The summed E-state index contributed by atoms with van der Waals surface area (Å²) in [5, 5.41) is 8.39. The van der Waals surface area contributed by atoms with Crippen LogP contribution in [-0.2, 0) is 0 Å². The number of amides is 1. The van der Waals surface area contributed by atoms with Crippen molar-refractivity contribution >= 4 is 28.5 Å². The molecule has 1 saturated heterocycles. The molecule has 0 radical (unpaired) electrons. The molecule has 1 aromatic heterocycles. The summed E-state index contributed by atoms with van der Waals surface area (Å²) in [6.45, 7) is 1.49. The first-order valence-corrected chi connectivity index (χ1v) is 9.17. The van der Waals surface area contributed by atoms with Gasteiger partial charge < -0.3 is 9.32 Å². The summed E-state index contributed by atoms with van der Waals surface area (Å²) >= 11 is 2.22. The van der Waals surface area contributed by atoms with E-state index in [9.17, 15) is 4.79 Å². The second-order valence-electron chi connectivity index (χ2n) is 6.30. The molecule has 2 fully saturated rings. The lowest BCUT2D eigenvalue weighted by Crippen LogP contribution is -2.38. The van der Waals surface area contributed by atoms with Crippen molar-refractivity contribution in [1.82, 2.24) is 15.1 Å². The van der Waals surface area contributed by atoms with Crippen molar-refractivity contribution in [3.8, 4) is 0 Å². The Hall–Kier alpha value is -1.44. The fourth-order valence-electron chi connectivity index (χ4n) is 3.04. The van der Waals surface area contributed by atoms with E-state index in [1.807, 2.05) is 29.2 Å². The topological polar surface area (TPSA) is 59.2 Å². The molecular weight excluding hydrogens is 405 g/mol. The number of piperidine rings is 1. The van der Waals surface area contributed by atoms with Crippen LogP contribution in [0.1, 0.15) is 59.7 Å². The highest BCUT2D eigenvalue weighted by molar-refractivity contribution is 14.1. The van der Waals surface area contributed by atoms with E-state index in [0.29, 0.717) is 5.92 Å². The highest BCUT2D eigenvalue weighted by Crippen LogP contribution is 2.40. The van der Waals surface area contributed by atoms with Crippen LogP contribution in [0.5, 0.6) is 0 Å². The van der Waals surface area contributed by atoms with E-state index in [0.717, 1.165) is 46.8 Å². The van der Waals surface area contributed by atoms with Crippen molar-refractivity contribution in [2.45, 2.75) is 37.5 Å². The van der Waals surface area contributed by atoms with Crippen LogP contribution in [-0.4, -0.2) is 34.1 Å². The molecule has 120 valence electrons. The average molecular weight is 423 g/mol. The number of aromatic nitrogens is 2. The summed E-state index contributed by atoms with van der Waals surface area (Å²) in [5.74, 6) is 2.47. The lowest BCUT2D eigenvalue weighted by atomic mass is 9.96. The van der Waals surface area contributed by atoms with Gasteiger partial charge in [0.25, 0.3) is 5.91 Å². The number of carbonyl (C=O) groups is 1. The Morgan fingerprint density at radius 3 is 2.26 bits per heavy atom. The highest BCUT2D eigenvalue weighted by Gasteiger charge is 2.32. The fourth-order valence-corrected chi connectivity index (χ4v) is 3.66. The van der Waals surface area contributed by atoms with E-state index >= 15 is 0 Å². The standard InChI is InChI=1S/C17H18IN3O2/c18-14-4-2-1-3-13(14)17(22)21-9-7-12(8-10-21)16-20-19-15(23-16)11-5-6-11/h1-4,11-12H,5-10H2. The van der Waals surface area contributed by atoms with Crippen LogP contribution in [0.3, 0.4) is 0 Å². The Bertz CT molecular complexity index is 718. The van der Waals surface area contributed by atoms with Gasteiger partial charge in [-0.2, -0.15) is 0 Å². The van der Waals surface area contributed by atoms with Crippen molar-refractivity contribution in [2.75, 3.05) is 13.1 Å². The van der Waals surface area contributed by atoms with Crippen LogP contribution < -0.4 is 0 Å². The quantitative estimate of drug-likeness (QED) is 0.709. The van der Waals surface area contributed by atoms with Crippen LogP contribution in [0.4, 0.5) is 0 Å². The van der Waals surface area contributed by atoms with Gasteiger partial charge in [0.2, 0.25) is 11.8 Å². The Balaban J connectivity index is 1.40. The molecule has 1 aliphatic heterocycles. The smallest absolute Gasteiger partial charge is 0.254 e. The summed E-state index contributed by atoms with van der Waals surface area (Å²) in [5.41, 5.74) is 0.792. The second kappa shape index (κ2) is 6.22. The van der Waals surface area contributed by atoms with Crippen molar-refractivity contribution in [3.63, 3.8) is 0 Å². The van der Waals surface area contributed by atoms with Crippen molar-refractivity contribution in [1.29, 1.82) is 0 Å². The minimum absolute atomic E-state index is 0.123. The zero-order valence-corrected chi connectivity index (χ0v) is 14.9. The zero-order valence-electron chi connectivity index (χ0n) is 12.7. The van der Waals surface area contributed by atoms with Crippen molar-refractivity contribution in [2.24, 2.45) is 0 Å². The van der Waals surface area contributed by atoms with E-state index in [4.69, 9.17) is 4.42 Å². The van der Waals surface area contributed by atoms with Crippen LogP contribution >= 0.6 is 22.6 Å². The van der Waals surface area contributed by atoms with Gasteiger partial charge in [0, 0.05) is 28.5 Å². The van der Waals surface area contributed by atoms with Crippen LogP contribution in [0, 0.1) is 3.57 Å². The second-order valence-corrected chi connectivity index (χ2v) is 7.46. The number of hydrogen-bond donors (Lipinski definition) is 0. The Morgan fingerprint density at radius 1 is 1.04 bits per heavy atom. The molecule has 1 saturated carbocycles. The molecule has 23 heavy (non-hydrogen) atoms. The summed E-state index contributed by atoms with van der Waals surface area (Å²) in [6.07, 6.45) is 4.12. The van der Waals surface area contributed by atoms with Gasteiger partial charge in [-0.15, -0.1) is 10.2 Å². The Kier molecular flexibility index (Phi) is 4.09. The Labute approximate surface area is 148 Å². The van der Waals surface area contributed by atoms with E-state index in [1.165, 1.54) is 12.8 Å². The summed E-state index contributed by atoms with van der Waals surface area (Å²) < 4.78 is 6.82. The average Bonchev–Trinajstić information content (AvgIpc) is 3.32. The monoisotopic (exact) mass is 423 g/mol. The van der Waals surface area contributed by atoms with E-state index in [-0.39, 0.29) is 11.8 Å². The normalized spacial score (nSPS) is 19.1. The predicted molar refractivity (Wildman–Crippen MR) is 93.3 cm³/mol. The lowest BCUT2D eigenvalue weighted by Gasteiger charge is -2.30. The van der Waals surface area contributed by atoms with Crippen LogP contribution in [0.2, 0.25) is 0 Å². The van der Waals surface area contributed by atoms with E-state index in [2.05, 4.69) is 32.8 Å². The Morgan fingerprint density at radius 2 is 1.65 bits per heavy atom. The number of benzene rings is 1. The third-order valence-electron chi connectivity index (χ3n) is 4.62. The molecule has 0 spiro atoms. The van der Waals surface area contributed by atoms with Crippen molar-refractivity contribution in [3.05, 3.63) is 45.2 Å². The SMILES string of the molecule is O=C(c1ccccc1I)N1CCC(c2nnc(C3CC3)o2)CC1. The molecule has 1 aliphatic carbocycles. The van der Waals surface area contributed by atoms with E-state index < -0.39 is 0 Å². The van der Waals surface area contributed by atoms with Gasteiger partial charge in [0.15, 0.2) is 0 Å². The maximum Gasteiger partial charge on any atom is 0.254 e. The molecular formula is C17H18IN3O2. The number of hydrogen-bond acceptors (Lipinski definition) is 4. The first-order valence-electron chi connectivity index (χ1n) is 8.09. The lowest BCUT2D eigenvalue weighted by molar-refractivity contribution is 0.0705. The molecule has 0 atom stereocenters. The molecule has 2 aliphatic rings. The first-order chi connectivity index (χ1) is 11.2. The third kappa shape index (κ3) is 3.13. The van der Waals surface area contributed by atoms with Gasteiger partial charge in [0.1, 0.15) is 0 Å². The van der Waals surface area contributed by atoms with Gasteiger partial charge in [0.05, 0.1) is 5.56 Å². The third-order valence-corrected chi connectivity index (χ3v) is 5.56. The number of likely N-dealkylation sites (tertiary alicyclic amines) is 1. The highest BCUT2D eigenvalue weighted by atomic mass is 127. The molecule has 4 rings (SSSR count). The van der Waals surface area contributed by atoms with Gasteiger partial charge in [-0.1, -0.05) is 12.1 Å². The first kappa shape index (κ1) is 15.1. The minimum Gasteiger partial charge on any atom is -0.425 e. The van der Waals surface area contributed by atoms with Gasteiger partial charge >= 0.3 is 0 Å². The van der Waals surface area contributed by atoms with Crippen molar-refractivity contribution < 1.29 is 9.21 Å². The van der Waals surface area contributed by atoms with E-state index in [1.54, 1.807) is 0 Å². The molecule has 2 heterocycles. The minimum atomic E-state index is 0.123. The van der Waals surface area contributed by atoms with Crippen LogP contribution in [0.15, 0.2) is 28.7 Å². The fraction of sp³-hybridized carbons (Fsp3) is 0.471. The van der Waals surface area contributed by atoms with Gasteiger partial charge in [-0.25, -0.2) is 0 Å². The molecule has 0 bridgehead atoms. The molecule has 0 unspecified atom stereocenters. The number of halogens is 1. The zero-order chi connectivity index (χ0) is 15.8. The molecule has 1 amide bonds. The number of nitrogens with zero attached hydrogens (tertiary/aromatic N) is 3. The van der Waals surface area contributed by atoms with Gasteiger partial charge in [-0.3, -0.25) is 4.79 Å². The summed E-state index contributed by atoms with van der Waals surface area (Å²) in [6, 6.07) is 7.74. The predicted octanol–water partition coefficient (Wildman–Crippen LogP) is 3.57. The maximum absolute atomic E-state index is 12.6. The molecule has 2 aromatic rings. The van der Waals surface area contributed by atoms with Gasteiger partial charge in [-0.05, 0) is 60.4 Å². The molecule has 6 heteroatoms. The number of rotatable bonds is 3. The molecule has 0 N–H and O–H groups in total. The summed E-state index contributed by atoms with van der Waals surface area (Å²) in [7, 11) is 0. The largest absolute Gasteiger partial charge is 0.425 e. The van der Waals surface area contributed by atoms with Crippen LogP contribution in [0.25, 0.3) is 0 Å².